The number of pyridine rings is 1. The minimum absolute atomic E-state index is 0.291. The lowest BCUT2D eigenvalue weighted by atomic mass is 10.1. The van der Waals surface area contributed by atoms with Gasteiger partial charge in [-0.2, -0.15) is 0 Å². The van der Waals surface area contributed by atoms with Crippen LogP contribution < -0.4 is 14.6 Å². The van der Waals surface area contributed by atoms with Gasteiger partial charge in [0.05, 0.1) is 7.11 Å². The maximum atomic E-state index is 10.5. The van der Waals surface area contributed by atoms with E-state index in [2.05, 4.69) is 47.3 Å². The second-order valence-corrected chi connectivity index (χ2v) is 7.15. The molecule has 1 heterocycles. The molecule has 4 nitrogen and oxygen atoms in total. The summed E-state index contributed by atoms with van der Waals surface area (Å²) in [5.41, 5.74) is 3.60. The highest BCUT2D eigenvalue weighted by Gasteiger charge is 2.27. The summed E-state index contributed by atoms with van der Waals surface area (Å²) in [6.07, 6.45) is 5.18. The van der Waals surface area contributed by atoms with Crippen molar-refractivity contribution in [2.24, 2.45) is 7.05 Å². The van der Waals surface area contributed by atoms with Gasteiger partial charge in [0.25, 0.3) is 0 Å². The number of nitrogens with one attached hydrogen (secondary N) is 1. The van der Waals surface area contributed by atoms with E-state index in [4.69, 9.17) is 4.74 Å². The van der Waals surface area contributed by atoms with Crippen LogP contribution in [0.1, 0.15) is 48.6 Å². The van der Waals surface area contributed by atoms with Crippen LogP contribution >= 0.6 is 0 Å². The fourth-order valence-corrected chi connectivity index (χ4v) is 3.25. The van der Waals surface area contributed by atoms with E-state index < -0.39 is 6.10 Å². The summed E-state index contributed by atoms with van der Waals surface area (Å²) >= 11 is 0. The fraction of sp³-hybridized carbons (Fsp3) is 0.476. The highest BCUT2D eigenvalue weighted by Crippen LogP contribution is 2.39. The number of methoxy groups -OCH3 is 1. The lowest BCUT2D eigenvalue weighted by Gasteiger charge is -2.16. The van der Waals surface area contributed by atoms with Gasteiger partial charge < -0.3 is 15.2 Å². The summed E-state index contributed by atoms with van der Waals surface area (Å²) in [7, 11) is 3.70. The third kappa shape index (κ3) is 4.80. The number of aliphatic hydroxyl groups excluding tert-OH is 1. The summed E-state index contributed by atoms with van der Waals surface area (Å²) in [5, 5.41) is 14.0. The Bertz CT molecular complexity index is 696. The molecule has 1 aromatic carbocycles. The molecule has 0 bridgehead atoms. The smallest absolute Gasteiger partial charge is 0.211 e. The molecule has 0 unspecified atom stereocenters. The second-order valence-electron chi connectivity index (χ2n) is 7.15. The normalized spacial score (nSPS) is 16.5. The lowest BCUT2D eigenvalue weighted by molar-refractivity contribution is -0.683. The van der Waals surface area contributed by atoms with E-state index in [0.717, 1.165) is 23.8 Å². The van der Waals surface area contributed by atoms with E-state index in [9.17, 15) is 5.11 Å². The maximum absolute atomic E-state index is 10.5. The third-order valence-corrected chi connectivity index (χ3v) is 4.95. The number of hydrogen-bond donors (Lipinski definition) is 2. The number of aliphatic hydroxyl groups is 1. The molecule has 0 aliphatic heterocycles. The Kier molecular flexibility index (Phi) is 5.71. The van der Waals surface area contributed by atoms with Crippen molar-refractivity contribution in [2.45, 2.75) is 44.2 Å². The second kappa shape index (κ2) is 7.98. The summed E-state index contributed by atoms with van der Waals surface area (Å²) in [5.74, 6) is 1.61. The Hall–Kier alpha value is -1.91. The molecule has 0 saturated heterocycles. The molecular formula is C21H29N2O2+. The molecule has 0 radical (unpaired) electrons. The fourth-order valence-electron chi connectivity index (χ4n) is 3.25. The van der Waals surface area contributed by atoms with Crippen molar-refractivity contribution >= 4 is 0 Å². The molecule has 0 amide bonds. The number of nitrogens with zero attached hydrogens (tertiary/aromatic N) is 1. The SMILES string of the molecule is COc1ccc(C[C@@H](C)NC[C@H](O)c2ccc(C3CC3)c[n+]2C)cc1. The number of rotatable bonds is 8. The van der Waals surface area contributed by atoms with E-state index in [0.29, 0.717) is 12.6 Å². The van der Waals surface area contributed by atoms with Crippen molar-refractivity contribution in [1.82, 2.24) is 5.32 Å². The van der Waals surface area contributed by atoms with Crippen LogP contribution in [0.2, 0.25) is 0 Å². The quantitative estimate of drug-likeness (QED) is 0.726. The monoisotopic (exact) mass is 341 g/mol. The van der Waals surface area contributed by atoms with Gasteiger partial charge in [0.15, 0.2) is 12.3 Å². The van der Waals surface area contributed by atoms with E-state index in [1.807, 2.05) is 19.2 Å². The van der Waals surface area contributed by atoms with Crippen LogP contribution in [0.15, 0.2) is 42.6 Å². The zero-order valence-corrected chi connectivity index (χ0v) is 15.4. The van der Waals surface area contributed by atoms with E-state index >= 15 is 0 Å². The molecule has 1 fully saturated rings. The van der Waals surface area contributed by atoms with Gasteiger partial charge >= 0.3 is 0 Å². The lowest BCUT2D eigenvalue weighted by Crippen LogP contribution is -2.39. The molecule has 2 atom stereocenters. The first-order valence-electron chi connectivity index (χ1n) is 9.10. The molecule has 3 rings (SSSR count). The molecule has 0 spiro atoms. The van der Waals surface area contributed by atoms with Gasteiger partial charge in [-0.15, -0.1) is 0 Å². The van der Waals surface area contributed by atoms with Gasteiger partial charge in [-0.05, 0) is 55.9 Å². The van der Waals surface area contributed by atoms with E-state index in [1.54, 1.807) is 7.11 Å². The number of aryl methyl sites for hydroxylation is 1. The highest BCUT2D eigenvalue weighted by atomic mass is 16.5. The van der Waals surface area contributed by atoms with E-state index in [1.165, 1.54) is 24.0 Å². The average Bonchev–Trinajstić information content (AvgIpc) is 3.45. The first kappa shape index (κ1) is 17.9. The first-order valence-corrected chi connectivity index (χ1v) is 9.10. The number of hydrogen-bond acceptors (Lipinski definition) is 3. The Morgan fingerprint density at radius 3 is 2.52 bits per heavy atom. The first-order chi connectivity index (χ1) is 12.1. The molecule has 1 aliphatic rings. The topological polar surface area (TPSA) is 45.4 Å². The van der Waals surface area contributed by atoms with Crippen LogP contribution in [0.4, 0.5) is 0 Å². The van der Waals surface area contributed by atoms with Crippen molar-refractivity contribution in [3.63, 3.8) is 0 Å². The average molecular weight is 341 g/mol. The van der Waals surface area contributed by atoms with Crippen molar-refractivity contribution in [2.75, 3.05) is 13.7 Å². The van der Waals surface area contributed by atoms with Gasteiger partial charge in [0.1, 0.15) is 12.8 Å². The van der Waals surface area contributed by atoms with Crippen molar-refractivity contribution < 1.29 is 14.4 Å². The summed E-state index contributed by atoms with van der Waals surface area (Å²) in [6.45, 7) is 2.70. The van der Waals surface area contributed by atoms with Gasteiger partial charge in [-0.25, -0.2) is 4.57 Å². The van der Waals surface area contributed by atoms with Gasteiger partial charge in [0, 0.05) is 24.2 Å². The van der Waals surface area contributed by atoms with Crippen LogP contribution in [0.25, 0.3) is 0 Å². The molecule has 4 heteroatoms. The van der Waals surface area contributed by atoms with Crippen LogP contribution in [-0.4, -0.2) is 24.8 Å². The molecule has 1 saturated carbocycles. The number of aromatic nitrogens is 1. The Morgan fingerprint density at radius 1 is 1.20 bits per heavy atom. The molecule has 2 aromatic rings. The maximum Gasteiger partial charge on any atom is 0.211 e. The molecule has 2 N–H and O–H groups in total. The highest BCUT2D eigenvalue weighted by molar-refractivity contribution is 5.27. The van der Waals surface area contributed by atoms with Crippen LogP contribution in [0, 0.1) is 0 Å². The number of benzene rings is 1. The molecule has 1 aliphatic carbocycles. The van der Waals surface area contributed by atoms with Crippen molar-refractivity contribution in [1.29, 1.82) is 0 Å². The third-order valence-electron chi connectivity index (χ3n) is 4.95. The largest absolute Gasteiger partial charge is 0.497 e. The minimum atomic E-state index is -0.503. The predicted molar refractivity (Wildman–Crippen MR) is 98.7 cm³/mol. The summed E-state index contributed by atoms with van der Waals surface area (Å²) in [6, 6.07) is 12.7. The Labute approximate surface area is 150 Å². The van der Waals surface area contributed by atoms with Crippen molar-refractivity contribution in [3.8, 4) is 5.75 Å². The van der Waals surface area contributed by atoms with Crippen LogP contribution in [0.5, 0.6) is 5.75 Å². The van der Waals surface area contributed by atoms with E-state index in [-0.39, 0.29) is 0 Å². The summed E-state index contributed by atoms with van der Waals surface area (Å²) in [4.78, 5) is 0. The van der Waals surface area contributed by atoms with Gasteiger partial charge in [0.2, 0.25) is 5.69 Å². The zero-order valence-electron chi connectivity index (χ0n) is 15.4. The predicted octanol–water partition coefficient (Wildman–Crippen LogP) is 2.65. The minimum Gasteiger partial charge on any atom is -0.497 e. The molecule has 1 aromatic heterocycles. The zero-order chi connectivity index (χ0) is 17.8. The van der Waals surface area contributed by atoms with Crippen molar-refractivity contribution in [3.05, 3.63) is 59.4 Å². The molecule has 25 heavy (non-hydrogen) atoms. The Morgan fingerprint density at radius 2 is 1.92 bits per heavy atom. The molecular weight excluding hydrogens is 312 g/mol. The summed E-state index contributed by atoms with van der Waals surface area (Å²) < 4.78 is 7.25. The number of ether oxygens (including phenoxy) is 1. The Balaban J connectivity index is 1.51. The molecule has 134 valence electrons. The van der Waals surface area contributed by atoms with Crippen LogP contribution in [-0.2, 0) is 13.5 Å². The van der Waals surface area contributed by atoms with Crippen LogP contribution in [0.3, 0.4) is 0 Å². The van der Waals surface area contributed by atoms with Gasteiger partial charge in [-0.3, -0.25) is 0 Å². The van der Waals surface area contributed by atoms with Gasteiger partial charge in [-0.1, -0.05) is 12.1 Å². The standard InChI is InChI=1S/C21H29N2O2/c1-15(12-16-4-9-19(25-3)10-5-16)22-13-21(24)20-11-8-18(14-23(20)2)17-6-7-17/h4-5,8-11,14-15,17,21-22,24H,6-7,12-13H2,1-3H3/q+1/t15-,21+/m1/s1.